The molecule has 2 aromatic carbocycles. The van der Waals surface area contributed by atoms with Gasteiger partial charge in [-0.2, -0.15) is 4.31 Å². The van der Waals surface area contributed by atoms with Crippen LogP contribution in [0.5, 0.6) is 5.75 Å². The summed E-state index contributed by atoms with van der Waals surface area (Å²) in [6.45, 7) is 2.84. The molecule has 10 heteroatoms. The van der Waals surface area contributed by atoms with Gasteiger partial charge in [0.2, 0.25) is 10.0 Å². The Kier molecular flexibility index (Phi) is 7.68. The lowest BCUT2D eigenvalue weighted by molar-refractivity contribution is -0.146. The van der Waals surface area contributed by atoms with Crippen LogP contribution in [0, 0.1) is 0 Å². The molecule has 0 bridgehead atoms. The molecule has 1 aliphatic heterocycles. The Labute approximate surface area is 210 Å². The van der Waals surface area contributed by atoms with Gasteiger partial charge in [-0.05, 0) is 68.5 Å². The van der Waals surface area contributed by atoms with Gasteiger partial charge in [-0.3, -0.25) is 9.59 Å². The third kappa shape index (κ3) is 5.63. The van der Waals surface area contributed by atoms with E-state index >= 15 is 0 Å². The normalized spacial score (nSPS) is 17.4. The maximum atomic E-state index is 12.8. The smallest absolute Gasteiger partial charge is 0.316 e. The summed E-state index contributed by atoms with van der Waals surface area (Å²) in [5.41, 5.74) is 0.874. The molecule has 0 atom stereocenters. The topological polar surface area (TPSA) is 102 Å². The quantitative estimate of drug-likeness (QED) is 0.499. The third-order valence-electron chi connectivity index (χ3n) is 6.35. The third-order valence-corrected chi connectivity index (χ3v) is 8.54. The number of piperidine rings is 1. The summed E-state index contributed by atoms with van der Waals surface area (Å²) in [5, 5.41) is 2.86. The van der Waals surface area contributed by atoms with E-state index in [0.717, 1.165) is 37.7 Å². The number of nitrogens with zero attached hydrogens (tertiary/aromatic N) is 1. The van der Waals surface area contributed by atoms with E-state index in [1.54, 1.807) is 19.1 Å². The van der Waals surface area contributed by atoms with Crippen molar-refractivity contribution < 1.29 is 27.5 Å². The fraction of sp³-hybridized carbons (Fsp3) is 0.440. The monoisotopic (exact) mass is 520 g/mol. The van der Waals surface area contributed by atoms with Crippen molar-refractivity contribution in [1.82, 2.24) is 4.31 Å². The van der Waals surface area contributed by atoms with Gasteiger partial charge in [-0.25, -0.2) is 8.42 Å². The summed E-state index contributed by atoms with van der Waals surface area (Å²) < 4.78 is 37.8. The average Bonchev–Trinajstić information content (AvgIpc) is 3.67. The number of hydrogen-bond donors (Lipinski definition) is 1. The first-order valence-electron chi connectivity index (χ1n) is 11.8. The number of halogens is 1. The predicted molar refractivity (Wildman–Crippen MR) is 132 cm³/mol. The van der Waals surface area contributed by atoms with Crippen molar-refractivity contribution in [2.24, 2.45) is 0 Å². The molecule has 1 N–H and O–H groups in total. The van der Waals surface area contributed by atoms with Gasteiger partial charge in [-0.1, -0.05) is 30.2 Å². The number of esters is 1. The van der Waals surface area contributed by atoms with E-state index in [0.29, 0.717) is 25.4 Å². The Morgan fingerprint density at radius 3 is 2.34 bits per heavy atom. The van der Waals surface area contributed by atoms with Crippen LogP contribution in [-0.2, 0) is 29.8 Å². The van der Waals surface area contributed by atoms with Gasteiger partial charge in [0.1, 0.15) is 5.75 Å². The number of amides is 1. The van der Waals surface area contributed by atoms with Gasteiger partial charge in [0, 0.05) is 18.8 Å². The summed E-state index contributed by atoms with van der Waals surface area (Å²) in [4.78, 5) is 24.7. The first-order chi connectivity index (χ1) is 16.8. The van der Waals surface area contributed by atoms with Gasteiger partial charge >= 0.3 is 5.97 Å². The Morgan fingerprint density at radius 2 is 1.74 bits per heavy atom. The minimum Gasteiger partial charge on any atom is -0.482 e. The van der Waals surface area contributed by atoms with Crippen molar-refractivity contribution in [2.45, 2.75) is 49.3 Å². The molecule has 1 aliphatic carbocycles. The molecule has 1 saturated carbocycles. The van der Waals surface area contributed by atoms with Crippen LogP contribution in [0.2, 0.25) is 5.02 Å². The number of carbonyl (C=O) groups is 2. The number of nitrogens with one attached hydrogen (secondary N) is 1. The van der Waals surface area contributed by atoms with Gasteiger partial charge in [0.15, 0.2) is 6.61 Å². The van der Waals surface area contributed by atoms with Crippen LogP contribution in [0.3, 0.4) is 0 Å². The average molecular weight is 521 g/mol. The number of benzene rings is 2. The first kappa shape index (κ1) is 25.5. The molecule has 0 radical (unpaired) electrons. The highest BCUT2D eigenvalue weighted by atomic mass is 35.5. The lowest BCUT2D eigenvalue weighted by Crippen LogP contribution is -2.35. The molecule has 2 aromatic rings. The number of anilines is 1. The maximum absolute atomic E-state index is 12.8. The summed E-state index contributed by atoms with van der Waals surface area (Å²) in [6, 6.07) is 11.4. The zero-order chi connectivity index (χ0) is 25.1. The van der Waals surface area contributed by atoms with Gasteiger partial charge in [0.05, 0.1) is 21.9 Å². The molecule has 1 saturated heterocycles. The summed E-state index contributed by atoms with van der Waals surface area (Å²) >= 11 is 6.25. The second kappa shape index (κ2) is 10.6. The van der Waals surface area contributed by atoms with E-state index < -0.39 is 21.3 Å². The number of carbonyl (C=O) groups excluding carboxylic acids is 2. The van der Waals surface area contributed by atoms with E-state index in [1.807, 2.05) is 12.1 Å². The van der Waals surface area contributed by atoms with Crippen LogP contribution in [0.1, 0.15) is 44.6 Å². The molecular formula is C25H29ClN2O6S. The van der Waals surface area contributed by atoms with Crippen molar-refractivity contribution in [3.05, 3.63) is 53.1 Å². The Morgan fingerprint density at radius 1 is 1.06 bits per heavy atom. The van der Waals surface area contributed by atoms with E-state index in [-0.39, 0.29) is 28.2 Å². The van der Waals surface area contributed by atoms with Crippen LogP contribution < -0.4 is 10.1 Å². The van der Waals surface area contributed by atoms with Crippen molar-refractivity contribution in [3.8, 4) is 5.75 Å². The zero-order valence-electron chi connectivity index (χ0n) is 19.6. The molecule has 4 rings (SSSR count). The summed E-state index contributed by atoms with van der Waals surface area (Å²) in [6.07, 6.45) is 4.23. The number of hydrogen-bond acceptors (Lipinski definition) is 6. The molecule has 188 valence electrons. The largest absolute Gasteiger partial charge is 0.482 e. The van der Waals surface area contributed by atoms with E-state index in [4.69, 9.17) is 21.1 Å². The molecule has 0 spiro atoms. The second-order valence-electron chi connectivity index (χ2n) is 8.77. The molecule has 0 aromatic heterocycles. The number of sulfonamides is 1. The van der Waals surface area contributed by atoms with Crippen molar-refractivity contribution in [3.63, 3.8) is 0 Å². The zero-order valence-corrected chi connectivity index (χ0v) is 21.2. The number of rotatable bonds is 9. The Hall–Kier alpha value is -2.62. The molecule has 2 aliphatic rings. The van der Waals surface area contributed by atoms with Crippen molar-refractivity contribution in [1.29, 1.82) is 0 Å². The van der Waals surface area contributed by atoms with E-state index in [2.05, 4.69) is 5.32 Å². The fourth-order valence-corrected chi connectivity index (χ4v) is 6.07. The maximum Gasteiger partial charge on any atom is 0.316 e. The highest BCUT2D eigenvalue weighted by Gasteiger charge is 2.52. The first-order valence-corrected chi connectivity index (χ1v) is 13.6. The van der Waals surface area contributed by atoms with Crippen LogP contribution in [-0.4, -0.2) is 50.9 Å². The summed E-state index contributed by atoms with van der Waals surface area (Å²) in [7, 11) is -3.61. The van der Waals surface area contributed by atoms with Gasteiger partial charge < -0.3 is 14.8 Å². The molecule has 1 amide bonds. The second-order valence-corrected chi connectivity index (χ2v) is 11.1. The molecular weight excluding hydrogens is 492 g/mol. The minimum atomic E-state index is -3.61. The van der Waals surface area contributed by atoms with Crippen molar-refractivity contribution >= 4 is 39.2 Å². The highest BCUT2D eigenvalue weighted by Crippen LogP contribution is 2.49. The molecule has 35 heavy (non-hydrogen) atoms. The fourth-order valence-electron chi connectivity index (χ4n) is 4.23. The standard InChI is InChI=1S/C25H29ClN2O6S/c1-2-33-24(30)25(12-13-25)18-6-8-19(9-7-18)27-23(29)17-34-22-11-10-20(16-21(22)26)35(31,32)28-14-4-3-5-15-28/h6-11,16H,2-5,12-15,17H2,1H3,(H,27,29). The molecule has 2 fully saturated rings. The van der Waals surface area contributed by atoms with Crippen molar-refractivity contribution in [2.75, 3.05) is 31.6 Å². The van der Waals surface area contributed by atoms with E-state index in [1.165, 1.54) is 22.5 Å². The lowest BCUT2D eigenvalue weighted by atomic mass is 9.96. The lowest BCUT2D eigenvalue weighted by Gasteiger charge is -2.26. The SMILES string of the molecule is CCOC(=O)C1(c2ccc(NC(=O)COc3ccc(S(=O)(=O)N4CCCCC4)cc3Cl)cc2)CC1. The minimum absolute atomic E-state index is 0.109. The van der Waals surface area contributed by atoms with Crippen LogP contribution >= 0.6 is 11.6 Å². The van der Waals surface area contributed by atoms with E-state index in [9.17, 15) is 18.0 Å². The predicted octanol–water partition coefficient (Wildman–Crippen LogP) is 4.13. The molecule has 0 unspecified atom stereocenters. The van der Waals surface area contributed by atoms with Crippen LogP contribution in [0.4, 0.5) is 5.69 Å². The van der Waals surface area contributed by atoms with Crippen LogP contribution in [0.15, 0.2) is 47.4 Å². The highest BCUT2D eigenvalue weighted by molar-refractivity contribution is 7.89. The van der Waals surface area contributed by atoms with Crippen LogP contribution in [0.25, 0.3) is 0 Å². The Bertz CT molecular complexity index is 1190. The molecule has 8 nitrogen and oxygen atoms in total. The van der Waals surface area contributed by atoms with Gasteiger partial charge in [0.25, 0.3) is 5.91 Å². The molecule has 1 heterocycles. The Balaban J connectivity index is 1.33. The van der Waals surface area contributed by atoms with Gasteiger partial charge in [-0.15, -0.1) is 0 Å². The summed E-state index contributed by atoms with van der Waals surface area (Å²) in [5.74, 6) is -0.387. The number of ether oxygens (including phenoxy) is 2.